The number of aromatic nitrogens is 1. The van der Waals surface area contributed by atoms with E-state index in [1.807, 2.05) is 79.0 Å². The number of carbonyl (C=O) groups excluding carboxylic acids is 2. The van der Waals surface area contributed by atoms with Gasteiger partial charge in [0.15, 0.2) is 11.5 Å². The van der Waals surface area contributed by atoms with Crippen LogP contribution in [0, 0.1) is 0 Å². The fourth-order valence-electron chi connectivity index (χ4n) is 4.26. The lowest BCUT2D eigenvalue weighted by Gasteiger charge is -2.22. The summed E-state index contributed by atoms with van der Waals surface area (Å²) in [4.78, 5) is 28.2. The van der Waals surface area contributed by atoms with E-state index in [-0.39, 0.29) is 30.7 Å². The molecule has 3 N–H and O–H groups in total. The summed E-state index contributed by atoms with van der Waals surface area (Å²) < 4.78 is 11.2. The average molecular weight is 472 g/mol. The van der Waals surface area contributed by atoms with E-state index in [4.69, 9.17) is 9.47 Å². The second-order valence-corrected chi connectivity index (χ2v) is 8.17. The molecule has 0 bridgehead atoms. The molecular weight excluding hydrogens is 442 g/mol. The molecule has 0 aliphatic carbocycles. The molecule has 0 saturated carbocycles. The Morgan fingerprint density at radius 2 is 1.60 bits per heavy atom. The quantitative estimate of drug-likeness (QED) is 0.328. The molecule has 1 heterocycles. The van der Waals surface area contributed by atoms with Crippen LogP contribution in [0.1, 0.15) is 22.6 Å². The molecule has 0 fully saturated rings. The maximum atomic E-state index is 12.7. The van der Waals surface area contributed by atoms with Gasteiger partial charge in [0.25, 0.3) is 0 Å². The van der Waals surface area contributed by atoms with Crippen LogP contribution in [0.25, 0.3) is 10.9 Å². The first kappa shape index (κ1) is 23.9. The van der Waals surface area contributed by atoms with Crippen molar-refractivity contribution in [1.82, 2.24) is 15.6 Å². The fraction of sp³-hybridized carbons (Fsp3) is 0.214. The minimum Gasteiger partial charge on any atom is -0.493 e. The van der Waals surface area contributed by atoms with E-state index >= 15 is 0 Å². The molecule has 180 valence electrons. The van der Waals surface area contributed by atoms with E-state index < -0.39 is 0 Å². The van der Waals surface area contributed by atoms with Gasteiger partial charge in [-0.1, -0.05) is 60.7 Å². The van der Waals surface area contributed by atoms with Crippen LogP contribution >= 0.6 is 0 Å². The van der Waals surface area contributed by atoms with Crippen LogP contribution in [0.15, 0.2) is 79.0 Å². The van der Waals surface area contributed by atoms with E-state index in [1.54, 1.807) is 14.2 Å². The normalized spacial score (nSPS) is 11.6. The third-order valence-corrected chi connectivity index (χ3v) is 5.96. The zero-order valence-electron chi connectivity index (χ0n) is 19.8. The molecule has 4 aromatic rings. The number of H-pyrrole nitrogens is 1. The number of ether oxygens (including phenoxy) is 2. The summed E-state index contributed by atoms with van der Waals surface area (Å²) >= 11 is 0. The second kappa shape index (κ2) is 11.2. The second-order valence-electron chi connectivity index (χ2n) is 8.17. The van der Waals surface area contributed by atoms with Gasteiger partial charge in [0, 0.05) is 35.1 Å². The van der Waals surface area contributed by atoms with Gasteiger partial charge in [-0.15, -0.1) is 0 Å². The van der Waals surface area contributed by atoms with Gasteiger partial charge in [-0.25, -0.2) is 0 Å². The van der Waals surface area contributed by atoms with E-state index in [9.17, 15) is 9.59 Å². The van der Waals surface area contributed by atoms with Crippen molar-refractivity contribution in [3.8, 4) is 11.5 Å². The van der Waals surface area contributed by atoms with Crippen LogP contribution in [0.4, 0.5) is 0 Å². The molecule has 4 rings (SSSR count). The SMILES string of the molecule is COc1cccc(C(CNC(=O)CNC(=O)Cc2ccccc2)c2c[nH]c3ccccc23)c1OC. The zero-order valence-corrected chi connectivity index (χ0v) is 19.8. The molecule has 0 spiro atoms. The Bertz CT molecular complexity index is 1300. The lowest BCUT2D eigenvalue weighted by molar-refractivity contribution is -0.125. The first-order chi connectivity index (χ1) is 17.1. The van der Waals surface area contributed by atoms with Crippen LogP contribution < -0.4 is 20.1 Å². The van der Waals surface area contributed by atoms with E-state index in [0.717, 1.165) is 27.6 Å². The van der Waals surface area contributed by atoms with Gasteiger partial charge < -0.3 is 25.1 Å². The minimum atomic E-state index is -0.266. The Hall–Kier alpha value is -4.26. The summed E-state index contributed by atoms with van der Waals surface area (Å²) in [7, 11) is 3.21. The predicted octanol–water partition coefficient (Wildman–Crippen LogP) is 3.79. The summed E-state index contributed by atoms with van der Waals surface area (Å²) in [6, 6.07) is 23.2. The summed E-state index contributed by atoms with van der Waals surface area (Å²) in [6.45, 7) is 0.223. The molecule has 1 atom stereocenters. The van der Waals surface area contributed by atoms with Crippen molar-refractivity contribution < 1.29 is 19.1 Å². The zero-order chi connectivity index (χ0) is 24.6. The number of methoxy groups -OCH3 is 2. The largest absolute Gasteiger partial charge is 0.493 e. The van der Waals surface area contributed by atoms with Crippen molar-refractivity contribution in [2.45, 2.75) is 12.3 Å². The molecule has 7 nitrogen and oxygen atoms in total. The Labute approximate surface area is 204 Å². The lowest BCUT2D eigenvalue weighted by Crippen LogP contribution is -2.39. The number of rotatable bonds is 10. The molecular formula is C28H29N3O4. The maximum absolute atomic E-state index is 12.7. The maximum Gasteiger partial charge on any atom is 0.239 e. The number of para-hydroxylation sites is 2. The van der Waals surface area contributed by atoms with Crippen LogP contribution in [-0.2, 0) is 16.0 Å². The lowest BCUT2D eigenvalue weighted by atomic mass is 9.90. The van der Waals surface area contributed by atoms with Crippen molar-refractivity contribution in [3.63, 3.8) is 0 Å². The van der Waals surface area contributed by atoms with Gasteiger partial charge in [-0.2, -0.15) is 0 Å². The van der Waals surface area contributed by atoms with Crippen molar-refractivity contribution >= 4 is 22.7 Å². The number of amides is 2. The van der Waals surface area contributed by atoms with Gasteiger partial charge in [0.05, 0.1) is 27.2 Å². The van der Waals surface area contributed by atoms with Gasteiger partial charge in [0.2, 0.25) is 11.8 Å². The van der Waals surface area contributed by atoms with Crippen molar-refractivity contribution in [2.24, 2.45) is 0 Å². The summed E-state index contributed by atoms with van der Waals surface area (Å²) in [5, 5.41) is 6.74. The van der Waals surface area contributed by atoms with E-state index in [1.165, 1.54) is 0 Å². The highest BCUT2D eigenvalue weighted by atomic mass is 16.5. The third kappa shape index (κ3) is 5.63. The standard InChI is InChI=1S/C28H29N3O4/c1-34-25-14-8-12-21(28(25)35-2)23(22-16-29-24-13-7-6-11-20(22)24)17-30-27(33)18-31-26(32)15-19-9-4-3-5-10-19/h3-14,16,23,29H,15,17-18H2,1-2H3,(H,30,33)(H,31,32). The van der Waals surface area contributed by atoms with Crippen LogP contribution in [-0.4, -0.2) is 44.1 Å². The fourth-order valence-corrected chi connectivity index (χ4v) is 4.26. The Morgan fingerprint density at radius 3 is 2.37 bits per heavy atom. The number of nitrogens with one attached hydrogen (secondary N) is 3. The Kier molecular flexibility index (Phi) is 7.67. The molecule has 35 heavy (non-hydrogen) atoms. The summed E-state index contributed by atoms with van der Waals surface area (Å²) in [6.07, 6.45) is 2.19. The molecule has 1 aromatic heterocycles. The molecule has 0 aliphatic rings. The molecule has 0 aliphatic heterocycles. The number of hydrogen-bond donors (Lipinski definition) is 3. The summed E-state index contributed by atoms with van der Waals surface area (Å²) in [5.41, 5.74) is 3.83. The van der Waals surface area contributed by atoms with Crippen molar-refractivity contribution in [3.05, 3.63) is 95.7 Å². The molecule has 3 aromatic carbocycles. The van der Waals surface area contributed by atoms with Crippen LogP contribution in [0.5, 0.6) is 11.5 Å². The van der Waals surface area contributed by atoms with E-state index in [0.29, 0.717) is 18.0 Å². The van der Waals surface area contributed by atoms with Crippen LogP contribution in [0.2, 0.25) is 0 Å². The smallest absolute Gasteiger partial charge is 0.239 e. The highest BCUT2D eigenvalue weighted by molar-refractivity contribution is 5.86. The van der Waals surface area contributed by atoms with Gasteiger partial charge in [-0.05, 0) is 23.3 Å². The number of aromatic amines is 1. The van der Waals surface area contributed by atoms with Gasteiger partial charge in [0.1, 0.15) is 0 Å². The van der Waals surface area contributed by atoms with Crippen LogP contribution in [0.3, 0.4) is 0 Å². The summed E-state index contributed by atoms with van der Waals surface area (Å²) in [5.74, 6) is 0.567. The molecule has 0 radical (unpaired) electrons. The van der Waals surface area contributed by atoms with Gasteiger partial charge >= 0.3 is 0 Å². The van der Waals surface area contributed by atoms with Crippen molar-refractivity contribution in [2.75, 3.05) is 27.3 Å². The highest BCUT2D eigenvalue weighted by Crippen LogP contribution is 2.40. The average Bonchev–Trinajstić information content (AvgIpc) is 3.32. The third-order valence-electron chi connectivity index (χ3n) is 5.96. The first-order valence-corrected chi connectivity index (χ1v) is 11.4. The van der Waals surface area contributed by atoms with Crippen molar-refractivity contribution in [1.29, 1.82) is 0 Å². The number of carbonyl (C=O) groups is 2. The Balaban J connectivity index is 1.51. The molecule has 1 unspecified atom stereocenters. The highest BCUT2D eigenvalue weighted by Gasteiger charge is 2.24. The van der Waals surface area contributed by atoms with E-state index in [2.05, 4.69) is 15.6 Å². The predicted molar refractivity (Wildman–Crippen MR) is 136 cm³/mol. The topological polar surface area (TPSA) is 92.5 Å². The number of benzene rings is 3. The van der Waals surface area contributed by atoms with Gasteiger partial charge in [-0.3, -0.25) is 9.59 Å². The molecule has 7 heteroatoms. The minimum absolute atomic E-state index is 0.0957. The molecule has 0 saturated heterocycles. The monoisotopic (exact) mass is 471 g/mol. The first-order valence-electron chi connectivity index (χ1n) is 11.4. The number of hydrogen-bond acceptors (Lipinski definition) is 4. The number of fused-ring (bicyclic) bond motifs is 1. The molecule has 2 amide bonds. The Morgan fingerprint density at radius 1 is 0.829 bits per heavy atom.